The Bertz CT molecular complexity index is 1230. The Kier molecular flexibility index (Phi) is 5.38. The zero-order chi connectivity index (χ0) is 22.3. The van der Waals surface area contributed by atoms with Crippen molar-refractivity contribution in [1.82, 2.24) is 4.98 Å². The van der Waals surface area contributed by atoms with Gasteiger partial charge in [-0.25, -0.2) is 0 Å². The first-order valence-corrected chi connectivity index (χ1v) is 10.2. The SMILES string of the molecule is Cc1ccc(C)c(/C(O)=C2\C(=O)C(=O)N(c3cccc(Cl)c3C)C2c2cccnc2)c1. The minimum Gasteiger partial charge on any atom is -0.507 e. The number of nitrogens with zero attached hydrogens (tertiary/aromatic N) is 2. The molecule has 5 nitrogen and oxygen atoms in total. The Morgan fingerprint density at radius 2 is 1.84 bits per heavy atom. The normalized spacial score (nSPS) is 17.9. The average Bonchev–Trinajstić information content (AvgIpc) is 3.03. The van der Waals surface area contributed by atoms with Crippen LogP contribution >= 0.6 is 11.6 Å². The van der Waals surface area contributed by atoms with Gasteiger partial charge in [0.1, 0.15) is 5.76 Å². The van der Waals surface area contributed by atoms with E-state index < -0.39 is 17.7 Å². The minimum absolute atomic E-state index is 0.0334. The van der Waals surface area contributed by atoms with Gasteiger partial charge in [0.2, 0.25) is 0 Å². The molecular weight excluding hydrogens is 412 g/mol. The number of hydrogen-bond acceptors (Lipinski definition) is 4. The van der Waals surface area contributed by atoms with Crippen LogP contribution in [-0.2, 0) is 9.59 Å². The fourth-order valence-corrected chi connectivity index (χ4v) is 4.10. The van der Waals surface area contributed by atoms with E-state index in [4.69, 9.17) is 11.6 Å². The summed E-state index contributed by atoms with van der Waals surface area (Å²) in [5.74, 6) is -1.66. The summed E-state index contributed by atoms with van der Waals surface area (Å²) in [7, 11) is 0. The molecule has 1 amide bonds. The van der Waals surface area contributed by atoms with Gasteiger partial charge in [-0.05, 0) is 61.7 Å². The van der Waals surface area contributed by atoms with Crippen LogP contribution in [0.25, 0.3) is 5.76 Å². The van der Waals surface area contributed by atoms with Crippen LogP contribution < -0.4 is 4.90 Å². The van der Waals surface area contributed by atoms with E-state index in [1.54, 1.807) is 49.6 Å². The molecule has 1 atom stereocenters. The predicted molar refractivity (Wildman–Crippen MR) is 121 cm³/mol. The Hall–Kier alpha value is -3.44. The third-order valence-electron chi connectivity index (χ3n) is 5.59. The molecular formula is C25H21ClN2O3. The van der Waals surface area contributed by atoms with Crippen molar-refractivity contribution in [2.24, 2.45) is 0 Å². The summed E-state index contributed by atoms with van der Waals surface area (Å²) in [5, 5.41) is 11.8. The van der Waals surface area contributed by atoms with Gasteiger partial charge in [0.05, 0.1) is 11.6 Å². The standard InChI is InChI=1S/C25H21ClN2O3/c1-14-9-10-15(2)18(12-14)23(29)21-22(17-6-5-11-27-13-17)28(25(31)24(21)30)20-8-4-7-19(26)16(20)3/h4-13,22,29H,1-3H3/b23-21+. The monoisotopic (exact) mass is 432 g/mol. The summed E-state index contributed by atoms with van der Waals surface area (Å²) in [5.41, 5.74) is 4.10. The molecule has 0 saturated carbocycles. The fourth-order valence-electron chi connectivity index (χ4n) is 3.93. The second-order valence-corrected chi connectivity index (χ2v) is 8.06. The molecule has 2 heterocycles. The van der Waals surface area contributed by atoms with Gasteiger partial charge in [0.25, 0.3) is 11.7 Å². The van der Waals surface area contributed by atoms with Gasteiger partial charge in [0, 0.05) is 28.7 Å². The van der Waals surface area contributed by atoms with Crippen LogP contribution in [0.5, 0.6) is 0 Å². The number of benzene rings is 2. The van der Waals surface area contributed by atoms with Gasteiger partial charge in [0.15, 0.2) is 0 Å². The molecule has 0 spiro atoms. The van der Waals surface area contributed by atoms with Crippen molar-refractivity contribution >= 4 is 34.7 Å². The smallest absolute Gasteiger partial charge is 0.300 e. The molecule has 1 fully saturated rings. The molecule has 156 valence electrons. The Labute approximate surface area is 185 Å². The largest absolute Gasteiger partial charge is 0.507 e. The Balaban J connectivity index is 2.01. The van der Waals surface area contributed by atoms with Gasteiger partial charge >= 0.3 is 0 Å². The second-order valence-electron chi connectivity index (χ2n) is 7.66. The van der Waals surface area contributed by atoms with Crippen LogP contribution in [0.1, 0.15) is 33.9 Å². The summed E-state index contributed by atoms with van der Waals surface area (Å²) in [4.78, 5) is 32.0. The number of amides is 1. The maximum atomic E-state index is 13.2. The third kappa shape index (κ3) is 3.51. The first-order chi connectivity index (χ1) is 14.8. The number of hydrogen-bond donors (Lipinski definition) is 1. The number of aliphatic hydroxyl groups is 1. The lowest BCUT2D eigenvalue weighted by molar-refractivity contribution is -0.132. The van der Waals surface area contributed by atoms with Crippen LogP contribution in [0, 0.1) is 20.8 Å². The number of anilines is 1. The van der Waals surface area contributed by atoms with E-state index in [9.17, 15) is 14.7 Å². The number of carbonyl (C=O) groups is 2. The summed E-state index contributed by atoms with van der Waals surface area (Å²) >= 11 is 6.31. The molecule has 2 aromatic carbocycles. The molecule has 4 rings (SSSR count). The number of ketones is 1. The summed E-state index contributed by atoms with van der Waals surface area (Å²) in [6.07, 6.45) is 3.21. The van der Waals surface area contributed by atoms with Gasteiger partial charge < -0.3 is 5.11 Å². The van der Waals surface area contributed by atoms with Gasteiger partial charge in [-0.2, -0.15) is 0 Å². The molecule has 0 bridgehead atoms. The van der Waals surface area contributed by atoms with Gasteiger partial charge in [-0.1, -0.05) is 41.4 Å². The van der Waals surface area contributed by atoms with Crippen LogP contribution in [0.2, 0.25) is 5.02 Å². The average molecular weight is 433 g/mol. The van der Waals surface area contributed by atoms with E-state index in [0.717, 1.165) is 11.1 Å². The molecule has 0 aliphatic carbocycles. The number of halogens is 1. The first-order valence-electron chi connectivity index (χ1n) is 9.85. The van der Waals surface area contributed by atoms with E-state index in [0.29, 0.717) is 27.4 Å². The number of aryl methyl sites for hydroxylation is 2. The molecule has 1 aliphatic rings. The van der Waals surface area contributed by atoms with Gasteiger partial charge in [-0.15, -0.1) is 0 Å². The highest BCUT2D eigenvalue weighted by Gasteiger charge is 2.47. The van der Waals surface area contributed by atoms with Crippen molar-refractivity contribution in [3.8, 4) is 0 Å². The van der Waals surface area contributed by atoms with Crippen molar-refractivity contribution in [1.29, 1.82) is 0 Å². The van der Waals surface area contributed by atoms with E-state index in [2.05, 4.69) is 4.98 Å². The predicted octanol–water partition coefficient (Wildman–Crippen LogP) is 5.29. The van der Waals surface area contributed by atoms with Crippen molar-refractivity contribution in [3.63, 3.8) is 0 Å². The quantitative estimate of drug-likeness (QED) is 0.347. The van der Waals surface area contributed by atoms with Gasteiger partial charge in [-0.3, -0.25) is 19.5 Å². The summed E-state index contributed by atoms with van der Waals surface area (Å²) in [6, 6.07) is 13.5. The molecule has 1 aromatic heterocycles. The van der Waals surface area contributed by atoms with Crippen molar-refractivity contribution in [2.75, 3.05) is 4.90 Å². The lowest BCUT2D eigenvalue weighted by Gasteiger charge is -2.27. The van der Waals surface area contributed by atoms with E-state index in [1.165, 1.54) is 4.90 Å². The zero-order valence-electron chi connectivity index (χ0n) is 17.4. The van der Waals surface area contributed by atoms with Crippen LogP contribution in [0.4, 0.5) is 5.69 Å². The maximum Gasteiger partial charge on any atom is 0.300 e. The molecule has 1 unspecified atom stereocenters. The number of aromatic nitrogens is 1. The van der Waals surface area contributed by atoms with E-state index in [-0.39, 0.29) is 11.3 Å². The number of rotatable bonds is 3. The van der Waals surface area contributed by atoms with Crippen molar-refractivity contribution < 1.29 is 14.7 Å². The minimum atomic E-state index is -0.828. The van der Waals surface area contributed by atoms with Crippen molar-refractivity contribution in [2.45, 2.75) is 26.8 Å². The molecule has 1 aliphatic heterocycles. The molecule has 31 heavy (non-hydrogen) atoms. The van der Waals surface area contributed by atoms with E-state index >= 15 is 0 Å². The Morgan fingerprint density at radius 3 is 2.55 bits per heavy atom. The molecule has 1 saturated heterocycles. The number of pyridine rings is 1. The van der Waals surface area contributed by atoms with Crippen LogP contribution in [0.15, 0.2) is 66.5 Å². The lowest BCUT2D eigenvalue weighted by Crippen LogP contribution is -2.30. The number of Topliss-reactive ketones (excluding diaryl/α,β-unsaturated/α-hetero) is 1. The lowest BCUT2D eigenvalue weighted by atomic mass is 9.94. The van der Waals surface area contributed by atoms with Crippen LogP contribution in [0.3, 0.4) is 0 Å². The highest BCUT2D eigenvalue weighted by molar-refractivity contribution is 6.52. The third-order valence-corrected chi connectivity index (χ3v) is 6.00. The first kappa shape index (κ1) is 20.8. The Morgan fingerprint density at radius 1 is 1.06 bits per heavy atom. The molecule has 6 heteroatoms. The zero-order valence-corrected chi connectivity index (χ0v) is 18.1. The molecule has 1 N–H and O–H groups in total. The van der Waals surface area contributed by atoms with E-state index in [1.807, 2.05) is 32.0 Å². The highest BCUT2D eigenvalue weighted by Crippen LogP contribution is 2.44. The summed E-state index contributed by atoms with van der Waals surface area (Å²) in [6.45, 7) is 5.55. The van der Waals surface area contributed by atoms with Crippen molar-refractivity contribution in [3.05, 3.63) is 99.3 Å². The second kappa shape index (κ2) is 8.00. The number of aliphatic hydroxyl groups excluding tert-OH is 1. The van der Waals surface area contributed by atoms with Crippen LogP contribution in [-0.4, -0.2) is 21.8 Å². The molecule has 3 aromatic rings. The number of carbonyl (C=O) groups excluding carboxylic acids is 2. The highest BCUT2D eigenvalue weighted by atomic mass is 35.5. The topological polar surface area (TPSA) is 70.5 Å². The molecule has 0 radical (unpaired) electrons. The maximum absolute atomic E-state index is 13.2. The summed E-state index contributed by atoms with van der Waals surface area (Å²) < 4.78 is 0. The fraction of sp³-hybridized carbons (Fsp3) is 0.160.